The lowest BCUT2D eigenvalue weighted by Gasteiger charge is -2.43. The van der Waals surface area contributed by atoms with Gasteiger partial charge < -0.3 is 15.1 Å². The Bertz CT molecular complexity index is 1120. The molecule has 2 aromatic carbocycles. The number of benzene rings is 2. The summed E-state index contributed by atoms with van der Waals surface area (Å²) in [5.74, 6) is 0. The van der Waals surface area contributed by atoms with Crippen LogP contribution in [0, 0.1) is 69.2 Å². The van der Waals surface area contributed by atoms with Crippen LogP contribution in [0.5, 0.6) is 0 Å². The fourth-order valence-corrected chi connectivity index (χ4v) is 6.66. The van der Waals surface area contributed by atoms with Gasteiger partial charge in [-0.05, 0) is 150 Å². The molecule has 0 aliphatic carbocycles. The zero-order valence-corrected chi connectivity index (χ0v) is 26.9. The SMILES string of the molecule is Cc1c(C)c(C)c(CCC(O)CN2CCN(C(C)C(O)N(C)c3c(C)c(C)c(C)c(C)c3C)CC2)c(C)c1C. The summed E-state index contributed by atoms with van der Waals surface area (Å²) in [5, 5.41) is 22.3. The molecular formula is C34H55N3O2. The minimum atomic E-state index is -0.589. The van der Waals surface area contributed by atoms with Crippen molar-refractivity contribution in [3.05, 3.63) is 61.2 Å². The van der Waals surface area contributed by atoms with E-state index in [4.69, 9.17) is 0 Å². The van der Waals surface area contributed by atoms with Crippen LogP contribution in [-0.2, 0) is 6.42 Å². The molecule has 0 saturated carbocycles. The van der Waals surface area contributed by atoms with Crippen LogP contribution in [0.3, 0.4) is 0 Å². The molecule has 218 valence electrons. The smallest absolute Gasteiger partial charge is 0.142 e. The van der Waals surface area contributed by atoms with Crippen molar-refractivity contribution in [1.82, 2.24) is 9.80 Å². The first-order chi connectivity index (χ1) is 18.2. The highest BCUT2D eigenvalue weighted by Gasteiger charge is 2.30. The quantitative estimate of drug-likeness (QED) is 0.412. The number of aliphatic hydroxyl groups is 2. The van der Waals surface area contributed by atoms with E-state index in [2.05, 4.69) is 90.9 Å². The number of piperazine rings is 1. The lowest BCUT2D eigenvalue weighted by Crippen LogP contribution is -2.56. The fraction of sp³-hybridized carbons (Fsp3) is 0.647. The van der Waals surface area contributed by atoms with E-state index in [1.807, 2.05) is 7.05 Å². The topological polar surface area (TPSA) is 50.2 Å². The maximum atomic E-state index is 11.4. The maximum Gasteiger partial charge on any atom is 0.142 e. The van der Waals surface area contributed by atoms with Crippen LogP contribution < -0.4 is 4.90 Å². The molecule has 1 fully saturated rings. The second-order valence-electron chi connectivity index (χ2n) is 12.4. The molecular weight excluding hydrogens is 482 g/mol. The molecule has 0 bridgehead atoms. The molecule has 3 unspecified atom stereocenters. The first-order valence-corrected chi connectivity index (χ1v) is 14.9. The highest BCUT2D eigenvalue weighted by molar-refractivity contribution is 5.66. The highest BCUT2D eigenvalue weighted by Crippen LogP contribution is 2.34. The van der Waals surface area contributed by atoms with Gasteiger partial charge in [-0.15, -0.1) is 0 Å². The molecule has 39 heavy (non-hydrogen) atoms. The summed E-state index contributed by atoms with van der Waals surface area (Å²) in [6, 6.07) is 0.0155. The van der Waals surface area contributed by atoms with Gasteiger partial charge in [0.1, 0.15) is 6.23 Å². The molecule has 0 spiro atoms. The second-order valence-corrected chi connectivity index (χ2v) is 12.4. The van der Waals surface area contributed by atoms with Crippen molar-refractivity contribution >= 4 is 5.69 Å². The van der Waals surface area contributed by atoms with Crippen molar-refractivity contribution in [3.8, 4) is 0 Å². The van der Waals surface area contributed by atoms with Crippen LogP contribution in [0.15, 0.2) is 0 Å². The molecule has 1 heterocycles. The first-order valence-electron chi connectivity index (χ1n) is 14.9. The Hall–Kier alpha value is -1.92. The second kappa shape index (κ2) is 12.7. The van der Waals surface area contributed by atoms with Gasteiger partial charge in [0.2, 0.25) is 0 Å². The number of rotatable bonds is 9. The summed E-state index contributed by atoms with van der Waals surface area (Å²) < 4.78 is 0. The molecule has 0 radical (unpaired) electrons. The number of β-amino-alcohol motifs (C(OH)–C–C–N with tert-alkyl or cyclic N) is 1. The maximum absolute atomic E-state index is 11.4. The first kappa shape index (κ1) is 31.6. The van der Waals surface area contributed by atoms with E-state index >= 15 is 0 Å². The van der Waals surface area contributed by atoms with Gasteiger partial charge in [-0.25, -0.2) is 0 Å². The van der Waals surface area contributed by atoms with Gasteiger partial charge in [0, 0.05) is 45.5 Å². The number of aliphatic hydroxyl groups excluding tert-OH is 2. The van der Waals surface area contributed by atoms with Crippen LogP contribution in [0.25, 0.3) is 0 Å². The molecule has 0 aromatic heterocycles. The molecule has 1 saturated heterocycles. The van der Waals surface area contributed by atoms with E-state index < -0.39 is 6.23 Å². The van der Waals surface area contributed by atoms with Crippen LogP contribution in [0.4, 0.5) is 5.69 Å². The molecule has 0 amide bonds. The third-order valence-corrected chi connectivity index (χ3v) is 10.5. The number of anilines is 1. The van der Waals surface area contributed by atoms with Crippen LogP contribution in [0.2, 0.25) is 0 Å². The van der Waals surface area contributed by atoms with E-state index in [0.717, 1.165) is 44.7 Å². The van der Waals surface area contributed by atoms with Crippen LogP contribution in [-0.4, -0.2) is 78.2 Å². The van der Waals surface area contributed by atoms with Gasteiger partial charge in [0.15, 0.2) is 0 Å². The summed E-state index contributed by atoms with van der Waals surface area (Å²) >= 11 is 0. The van der Waals surface area contributed by atoms with E-state index in [0.29, 0.717) is 6.54 Å². The van der Waals surface area contributed by atoms with Crippen molar-refractivity contribution in [1.29, 1.82) is 0 Å². The summed E-state index contributed by atoms with van der Waals surface area (Å²) in [5.41, 5.74) is 16.0. The van der Waals surface area contributed by atoms with Crippen molar-refractivity contribution in [2.24, 2.45) is 0 Å². The van der Waals surface area contributed by atoms with Gasteiger partial charge in [-0.3, -0.25) is 9.80 Å². The summed E-state index contributed by atoms with van der Waals surface area (Å²) in [7, 11) is 2.03. The molecule has 5 nitrogen and oxygen atoms in total. The third kappa shape index (κ3) is 6.37. The predicted molar refractivity (Wildman–Crippen MR) is 166 cm³/mol. The van der Waals surface area contributed by atoms with Crippen molar-refractivity contribution in [3.63, 3.8) is 0 Å². The van der Waals surface area contributed by atoms with E-state index in [1.165, 1.54) is 61.2 Å². The Labute approximate surface area is 238 Å². The molecule has 5 heteroatoms. The molecule has 3 atom stereocenters. The van der Waals surface area contributed by atoms with Crippen molar-refractivity contribution in [2.45, 2.75) is 107 Å². The normalized spacial score (nSPS) is 17.4. The van der Waals surface area contributed by atoms with Crippen LogP contribution >= 0.6 is 0 Å². The largest absolute Gasteiger partial charge is 0.392 e. The Morgan fingerprint density at radius 2 is 1.05 bits per heavy atom. The number of hydrogen-bond acceptors (Lipinski definition) is 5. The van der Waals surface area contributed by atoms with E-state index in [9.17, 15) is 10.2 Å². The van der Waals surface area contributed by atoms with Gasteiger partial charge in [-0.1, -0.05) is 0 Å². The molecule has 2 N–H and O–H groups in total. The molecule has 1 aliphatic rings. The Morgan fingerprint density at radius 3 is 1.51 bits per heavy atom. The lowest BCUT2D eigenvalue weighted by atomic mass is 9.87. The zero-order valence-electron chi connectivity index (χ0n) is 26.9. The average molecular weight is 538 g/mol. The minimum absolute atomic E-state index is 0.0155. The Morgan fingerprint density at radius 1 is 0.641 bits per heavy atom. The number of hydrogen-bond donors (Lipinski definition) is 2. The number of nitrogens with zero attached hydrogens (tertiary/aromatic N) is 3. The summed E-state index contributed by atoms with van der Waals surface area (Å²) in [6.07, 6.45) is 0.796. The van der Waals surface area contributed by atoms with Crippen molar-refractivity contribution < 1.29 is 10.2 Å². The number of likely N-dealkylation sites (N-methyl/N-ethyl adjacent to an activating group) is 1. The lowest BCUT2D eigenvalue weighted by molar-refractivity contribution is 0.0148. The molecule has 3 rings (SSSR count). The van der Waals surface area contributed by atoms with Crippen LogP contribution in [0.1, 0.15) is 74.5 Å². The fourth-order valence-electron chi connectivity index (χ4n) is 6.66. The summed E-state index contributed by atoms with van der Waals surface area (Å²) in [6.45, 7) is 28.5. The van der Waals surface area contributed by atoms with Gasteiger partial charge >= 0.3 is 0 Å². The monoisotopic (exact) mass is 537 g/mol. The highest BCUT2D eigenvalue weighted by atomic mass is 16.3. The standard InChI is InChI=1S/C34H55N3O2/c1-20-22(3)26(7)32(27(8)23(20)4)14-13-31(38)19-36-15-17-37(18-16-36)30(11)34(39)35(12)33-28(9)24(5)21(2)25(6)29(33)10/h30-31,34,38-39H,13-19H2,1-12H3. The Balaban J connectivity index is 1.56. The molecule has 2 aromatic rings. The van der Waals surface area contributed by atoms with Gasteiger partial charge in [0.05, 0.1) is 12.1 Å². The molecule has 1 aliphatic heterocycles. The summed E-state index contributed by atoms with van der Waals surface area (Å²) in [4.78, 5) is 6.85. The van der Waals surface area contributed by atoms with Crippen molar-refractivity contribution in [2.75, 3.05) is 44.7 Å². The predicted octanol–water partition coefficient (Wildman–Crippen LogP) is 5.53. The average Bonchev–Trinajstić information content (AvgIpc) is 2.92. The Kier molecular flexibility index (Phi) is 10.3. The van der Waals surface area contributed by atoms with E-state index in [-0.39, 0.29) is 12.1 Å². The van der Waals surface area contributed by atoms with Gasteiger partial charge in [0.25, 0.3) is 0 Å². The third-order valence-electron chi connectivity index (χ3n) is 10.5. The van der Waals surface area contributed by atoms with Gasteiger partial charge in [-0.2, -0.15) is 0 Å². The minimum Gasteiger partial charge on any atom is -0.392 e. The zero-order chi connectivity index (χ0) is 29.3. The van der Waals surface area contributed by atoms with E-state index in [1.54, 1.807) is 0 Å².